The minimum Gasteiger partial charge on any atom is -0.384 e. The topological polar surface area (TPSA) is 70.1 Å². The molecule has 4 rings (SSSR count). The lowest BCUT2D eigenvalue weighted by Gasteiger charge is -2.39. The molecule has 0 fully saturated rings. The van der Waals surface area contributed by atoms with Crippen LogP contribution in [-0.2, 0) is 4.79 Å². The van der Waals surface area contributed by atoms with E-state index in [1.807, 2.05) is 17.5 Å². The van der Waals surface area contributed by atoms with Crippen molar-refractivity contribution in [2.75, 3.05) is 4.90 Å². The quantitative estimate of drug-likeness (QED) is 0.838. The molecule has 27 heavy (non-hydrogen) atoms. The van der Waals surface area contributed by atoms with Crippen molar-refractivity contribution in [2.45, 2.75) is 25.2 Å². The summed E-state index contributed by atoms with van der Waals surface area (Å²) in [6.45, 7) is 0. The van der Waals surface area contributed by atoms with Gasteiger partial charge in [0, 0.05) is 22.6 Å². The molecule has 1 aromatic heterocycles. The first-order valence-electron chi connectivity index (χ1n) is 8.48. The Morgan fingerprint density at radius 3 is 2.56 bits per heavy atom. The van der Waals surface area contributed by atoms with Gasteiger partial charge in [-0.1, -0.05) is 12.1 Å². The van der Waals surface area contributed by atoms with Crippen LogP contribution in [-0.4, -0.2) is 5.78 Å². The summed E-state index contributed by atoms with van der Waals surface area (Å²) in [4.78, 5) is 14.8. The lowest BCUT2D eigenvalue weighted by atomic mass is 9.78. The van der Waals surface area contributed by atoms with Crippen molar-refractivity contribution < 1.29 is 13.6 Å². The summed E-state index contributed by atoms with van der Waals surface area (Å²) in [6, 6.07) is 9.28. The zero-order chi connectivity index (χ0) is 19.1. The Kier molecular flexibility index (Phi) is 4.28. The molecule has 1 aliphatic heterocycles. The van der Waals surface area contributed by atoms with E-state index in [-0.39, 0.29) is 22.9 Å². The molecule has 0 amide bonds. The van der Waals surface area contributed by atoms with E-state index in [1.165, 1.54) is 22.3 Å². The molecular weight excluding hydrogens is 368 g/mol. The Bertz CT molecular complexity index is 1010. The Hall–Kier alpha value is -2.98. The van der Waals surface area contributed by atoms with Gasteiger partial charge in [-0.2, -0.15) is 5.26 Å². The number of hydrogen-bond donors (Lipinski definition) is 1. The second-order valence-corrected chi connectivity index (χ2v) is 7.38. The van der Waals surface area contributed by atoms with E-state index in [2.05, 4.69) is 6.07 Å². The van der Waals surface area contributed by atoms with E-state index in [9.17, 15) is 18.8 Å². The SMILES string of the molecule is N#CC1=C(N)N(c2c(F)cccc2F)C2=C(C(=O)CCC2)[C@H]1c1cccs1. The highest BCUT2D eigenvalue weighted by atomic mass is 32.1. The van der Waals surface area contributed by atoms with Crippen molar-refractivity contribution in [1.82, 2.24) is 0 Å². The highest BCUT2D eigenvalue weighted by molar-refractivity contribution is 7.10. The third-order valence-corrected chi connectivity index (χ3v) is 5.84. The Morgan fingerprint density at radius 1 is 1.19 bits per heavy atom. The normalized spacial score (nSPS) is 20.0. The lowest BCUT2D eigenvalue weighted by Crippen LogP contribution is -2.39. The highest BCUT2D eigenvalue weighted by Gasteiger charge is 2.41. The first kappa shape index (κ1) is 17.4. The van der Waals surface area contributed by atoms with E-state index in [0.29, 0.717) is 30.5 Å². The van der Waals surface area contributed by atoms with E-state index in [4.69, 9.17) is 5.73 Å². The standard InChI is InChI=1S/C20H15F2N3OS/c21-12-4-1-5-13(22)19(12)25-14-6-2-7-15(26)18(14)17(11(10-23)20(25)24)16-8-3-9-27-16/h1,3-5,8-9,17H,2,6-7,24H2/t17-/m1/s1. The van der Waals surface area contributed by atoms with E-state index >= 15 is 0 Å². The van der Waals surface area contributed by atoms with Crippen LogP contribution in [0.4, 0.5) is 14.5 Å². The van der Waals surface area contributed by atoms with Gasteiger partial charge in [-0.3, -0.25) is 9.69 Å². The number of rotatable bonds is 2. The average Bonchev–Trinajstić information content (AvgIpc) is 3.17. The molecule has 0 saturated carbocycles. The van der Waals surface area contributed by atoms with E-state index in [1.54, 1.807) is 0 Å². The number of ketones is 1. The fourth-order valence-electron chi connectivity index (χ4n) is 3.78. The maximum atomic E-state index is 14.5. The van der Waals surface area contributed by atoms with Crippen molar-refractivity contribution in [3.63, 3.8) is 0 Å². The van der Waals surface area contributed by atoms with Crippen molar-refractivity contribution in [3.05, 3.63) is 74.9 Å². The van der Waals surface area contributed by atoms with Gasteiger partial charge in [0.25, 0.3) is 0 Å². The summed E-state index contributed by atoms with van der Waals surface area (Å²) in [6.07, 6.45) is 1.36. The van der Waals surface area contributed by atoms with Crippen LogP contribution in [0.5, 0.6) is 0 Å². The first-order chi connectivity index (χ1) is 13.0. The molecule has 2 N–H and O–H groups in total. The van der Waals surface area contributed by atoms with Gasteiger partial charge in [-0.15, -0.1) is 11.3 Å². The van der Waals surface area contributed by atoms with Gasteiger partial charge in [0.2, 0.25) is 0 Å². The zero-order valence-corrected chi connectivity index (χ0v) is 15.0. The molecule has 2 heterocycles. The molecule has 1 atom stereocenters. The van der Waals surface area contributed by atoms with Gasteiger partial charge < -0.3 is 5.73 Å². The molecule has 1 aliphatic carbocycles. The minimum atomic E-state index is -0.797. The smallest absolute Gasteiger partial charge is 0.161 e. The van der Waals surface area contributed by atoms with Crippen LogP contribution in [0.15, 0.2) is 58.4 Å². The van der Waals surface area contributed by atoms with Crippen LogP contribution in [0.25, 0.3) is 0 Å². The molecule has 1 aromatic carbocycles. The molecule has 0 radical (unpaired) electrons. The lowest BCUT2D eigenvalue weighted by molar-refractivity contribution is -0.116. The number of thiophene rings is 1. The molecule has 2 aliphatic rings. The number of nitriles is 1. The highest BCUT2D eigenvalue weighted by Crippen LogP contribution is 2.47. The van der Waals surface area contributed by atoms with Gasteiger partial charge in [0.15, 0.2) is 5.78 Å². The van der Waals surface area contributed by atoms with Gasteiger partial charge in [0.05, 0.1) is 17.6 Å². The molecule has 0 spiro atoms. The molecule has 0 saturated heterocycles. The zero-order valence-electron chi connectivity index (χ0n) is 14.2. The number of para-hydroxylation sites is 1. The molecule has 0 unspecified atom stereocenters. The van der Waals surface area contributed by atoms with Crippen LogP contribution >= 0.6 is 11.3 Å². The van der Waals surface area contributed by atoms with Crippen molar-refractivity contribution in [1.29, 1.82) is 5.26 Å². The fraction of sp³-hybridized carbons (Fsp3) is 0.200. The average molecular weight is 383 g/mol. The monoisotopic (exact) mass is 383 g/mol. The van der Waals surface area contributed by atoms with Crippen LogP contribution in [0.2, 0.25) is 0 Å². The molecule has 0 bridgehead atoms. The maximum Gasteiger partial charge on any atom is 0.161 e. The van der Waals surface area contributed by atoms with Gasteiger partial charge >= 0.3 is 0 Å². The Balaban J connectivity index is 2.02. The number of allylic oxidation sites excluding steroid dienone is 3. The van der Waals surface area contributed by atoms with Crippen LogP contribution < -0.4 is 10.6 Å². The molecule has 136 valence electrons. The number of nitrogens with zero attached hydrogens (tertiary/aromatic N) is 2. The molecule has 7 heteroatoms. The molecule has 4 nitrogen and oxygen atoms in total. The van der Waals surface area contributed by atoms with Crippen LogP contribution in [0, 0.1) is 23.0 Å². The summed E-state index contributed by atoms with van der Waals surface area (Å²) in [5.74, 6) is -2.33. The number of carbonyl (C=O) groups excluding carboxylic acids is 1. The number of Topliss-reactive ketones (excluding diaryl/α,β-unsaturated/α-hetero) is 1. The predicted octanol–water partition coefficient (Wildman–Crippen LogP) is 4.33. The van der Waals surface area contributed by atoms with Crippen molar-refractivity contribution in [2.24, 2.45) is 5.73 Å². The number of halogens is 2. The summed E-state index contributed by atoms with van der Waals surface area (Å²) < 4.78 is 29.0. The number of benzene rings is 1. The van der Waals surface area contributed by atoms with Crippen LogP contribution in [0.1, 0.15) is 30.1 Å². The second-order valence-electron chi connectivity index (χ2n) is 6.40. The number of anilines is 1. The molecular formula is C20H15F2N3OS. The Labute approximate surface area is 158 Å². The second kappa shape index (κ2) is 6.63. The van der Waals surface area contributed by atoms with Gasteiger partial charge in [0.1, 0.15) is 23.1 Å². The maximum absolute atomic E-state index is 14.5. The van der Waals surface area contributed by atoms with E-state index in [0.717, 1.165) is 17.0 Å². The summed E-state index contributed by atoms with van der Waals surface area (Å²) in [5.41, 5.74) is 6.93. The largest absolute Gasteiger partial charge is 0.384 e. The molecule has 2 aromatic rings. The van der Waals surface area contributed by atoms with E-state index < -0.39 is 17.6 Å². The third kappa shape index (κ3) is 2.64. The predicted molar refractivity (Wildman–Crippen MR) is 98.6 cm³/mol. The van der Waals surface area contributed by atoms with Gasteiger partial charge in [-0.05, 0) is 36.4 Å². The van der Waals surface area contributed by atoms with Gasteiger partial charge in [-0.25, -0.2) is 8.78 Å². The summed E-state index contributed by atoms with van der Waals surface area (Å²) in [7, 11) is 0. The van der Waals surface area contributed by atoms with Crippen molar-refractivity contribution >= 4 is 22.8 Å². The first-order valence-corrected chi connectivity index (χ1v) is 9.36. The number of hydrogen-bond acceptors (Lipinski definition) is 5. The number of nitrogens with two attached hydrogens (primary N) is 1. The number of carbonyl (C=O) groups is 1. The summed E-state index contributed by atoms with van der Waals surface area (Å²) >= 11 is 1.42. The Morgan fingerprint density at radius 2 is 1.93 bits per heavy atom. The minimum absolute atomic E-state index is 0.0339. The third-order valence-electron chi connectivity index (χ3n) is 4.90. The van der Waals surface area contributed by atoms with Crippen LogP contribution in [0.3, 0.4) is 0 Å². The fourth-order valence-corrected chi connectivity index (χ4v) is 4.63. The van der Waals surface area contributed by atoms with Crippen molar-refractivity contribution in [3.8, 4) is 6.07 Å². The summed E-state index contributed by atoms with van der Waals surface area (Å²) in [5, 5.41) is 11.6.